The Hall–Kier alpha value is -3.26. The zero-order valence-corrected chi connectivity index (χ0v) is 18.2. The number of thiazole rings is 1. The molecule has 0 aromatic carbocycles. The number of aromatic nitrogens is 4. The van der Waals surface area contributed by atoms with Crippen molar-refractivity contribution in [1.82, 2.24) is 19.7 Å². The number of rotatable bonds is 4. The minimum absolute atomic E-state index is 0.0733. The largest absolute Gasteiger partial charge is 0.389 e. The maximum atomic E-state index is 14.3. The fourth-order valence-corrected chi connectivity index (χ4v) is 4.58. The third kappa shape index (κ3) is 4.61. The van der Waals surface area contributed by atoms with Gasteiger partial charge in [-0.3, -0.25) is 14.5 Å². The van der Waals surface area contributed by atoms with Crippen molar-refractivity contribution in [2.75, 3.05) is 29.0 Å². The highest BCUT2D eigenvalue weighted by molar-refractivity contribution is 7.19. The Morgan fingerprint density at radius 1 is 1.27 bits per heavy atom. The van der Waals surface area contributed by atoms with E-state index in [0.29, 0.717) is 6.42 Å². The number of nitrogens with one attached hydrogen (secondary N) is 1. The van der Waals surface area contributed by atoms with Gasteiger partial charge in [-0.25, -0.2) is 22.5 Å². The predicted octanol–water partition coefficient (Wildman–Crippen LogP) is 2.61. The number of nitrogen functional groups attached to an aromatic ring is 1. The van der Waals surface area contributed by atoms with E-state index in [0.717, 1.165) is 23.7 Å². The van der Waals surface area contributed by atoms with Crippen molar-refractivity contribution < 1.29 is 22.4 Å². The molecule has 0 unspecified atom stereocenters. The van der Waals surface area contributed by atoms with Crippen LogP contribution in [0.1, 0.15) is 23.3 Å². The summed E-state index contributed by atoms with van der Waals surface area (Å²) >= 11 is 0.729. The molecule has 1 aliphatic heterocycles. The Labute approximate surface area is 189 Å². The van der Waals surface area contributed by atoms with E-state index in [1.165, 1.54) is 15.8 Å². The molecule has 3 aromatic heterocycles. The van der Waals surface area contributed by atoms with E-state index in [2.05, 4.69) is 20.4 Å². The highest BCUT2D eigenvalue weighted by atomic mass is 32.1. The molecule has 5 N–H and O–H groups in total. The normalized spacial score (nSPS) is 18.2. The first-order valence-corrected chi connectivity index (χ1v) is 10.6. The van der Waals surface area contributed by atoms with Crippen LogP contribution in [0.15, 0.2) is 18.6 Å². The molecule has 0 bridgehead atoms. The average molecular weight is 484 g/mol. The van der Waals surface area contributed by atoms with E-state index in [1.807, 2.05) is 0 Å². The lowest BCUT2D eigenvalue weighted by Crippen LogP contribution is -2.37. The van der Waals surface area contributed by atoms with Gasteiger partial charge in [0.2, 0.25) is 0 Å². The highest BCUT2D eigenvalue weighted by Gasteiger charge is 2.38. The summed E-state index contributed by atoms with van der Waals surface area (Å²) in [5.74, 6) is -5.44. The smallest absolute Gasteiger partial charge is 0.277 e. The number of carbonyl (C=O) groups is 1. The van der Waals surface area contributed by atoms with Crippen molar-refractivity contribution in [3.8, 4) is 10.6 Å². The number of carbonyl (C=O) groups excluding carboxylic acids is 1. The second-order valence-electron chi connectivity index (χ2n) is 7.70. The Bertz CT molecular complexity index is 1180. The molecule has 4 heterocycles. The number of aryl methyl sites for hydroxylation is 1. The molecule has 4 rings (SSSR count). The molecular formula is C19H20F4N8OS. The van der Waals surface area contributed by atoms with Crippen LogP contribution in [0.25, 0.3) is 10.6 Å². The van der Waals surface area contributed by atoms with Gasteiger partial charge < -0.3 is 21.7 Å². The number of amides is 1. The van der Waals surface area contributed by atoms with Crippen molar-refractivity contribution in [2.45, 2.75) is 24.8 Å². The molecule has 0 spiro atoms. The quantitative estimate of drug-likeness (QED) is 0.486. The standard InChI is InChI=1S/C19H20F4N8OS/c1-30-18(31-3-2-9(24)4-19(22,23)8-31)12(7-27-30)28-16(32)14-15(25)33-17(29-14)13-10(20)5-26-6-11(13)21/h5-7,9H,2-4,8,24-25H2,1H3,(H,28,32)/t9-/m0/s1. The van der Waals surface area contributed by atoms with Gasteiger partial charge in [0.15, 0.2) is 23.1 Å². The van der Waals surface area contributed by atoms with Gasteiger partial charge in [-0.05, 0) is 6.42 Å². The first-order chi connectivity index (χ1) is 15.6. The van der Waals surface area contributed by atoms with Gasteiger partial charge in [-0.1, -0.05) is 11.3 Å². The minimum Gasteiger partial charge on any atom is -0.389 e. The number of pyridine rings is 1. The van der Waals surface area contributed by atoms with Crippen LogP contribution in [0.3, 0.4) is 0 Å². The molecule has 33 heavy (non-hydrogen) atoms. The molecule has 1 fully saturated rings. The molecule has 0 radical (unpaired) electrons. The summed E-state index contributed by atoms with van der Waals surface area (Å²) in [4.78, 5) is 21.7. The van der Waals surface area contributed by atoms with Crippen molar-refractivity contribution in [1.29, 1.82) is 0 Å². The van der Waals surface area contributed by atoms with Crippen LogP contribution in [0, 0.1) is 11.6 Å². The Balaban J connectivity index is 1.62. The van der Waals surface area contributed by atoms with E-state index in [-0.39, 0.29) is 33.8 Å². The predicted molar refractivity (Wildman–Crippen MR) is 115 cm³/mol. The molecule has 1 saturated heterocycles. The van der Waals surface area contributed by atoms with Crippen molar-refractivity contribution >= 4 is 33.8 Å². The van der Waals surface area contributed by atoms with E-state index >= 15 is 0 Å². The summed E-state index contributed by atoms with van der Waals surface area (Å²) in [7, 11) is 1.55. The van der Waals surface area contributed by atoms with E-state index < -0.39 is 48.0 Å². The lowest BCUT2D eigenvalue weighted by Gasteiger charge is -2.26. The summed E-state index contributed by atoms with van der Waals surface area (Å²) < 4.78 is 58.1. The monoisotopic (exact) mass is 484 g/mol. The molecular weight excluding hydrogens is 464 g/mol. The zero-order chi connectivity index (χ0) is 23.9. The van der Waals surface area contributed by atoms with Crippen LogP contribution in [0.5, 0.6) is 0 Å². The first-order valence-electron chi connectivity index (χ1n) is 9.83. The zero-order valence-electron chi connectivity index (χ0n) is 17.4. The van der Waals surface area contributed by atoms with Gasteiger partial charge in [-0.15, -0.1) is 0 Å². The van der Waals surface area contributed by atoms with E-state index in [4.69, 9.17) is 11.5 Å². The first kappa shape index (κ1) is 22.9. The summed E-state index contributed by atoms with van der Waals surface area (Å²) in [6.07, 6.45) is 2.84. The molecule has 14 heteroatoms. The summed E-state index contributed by atoms with van der Waals surface area (Å²) in [6.45, 7) is -0.352. The minimum atomic E-state index is -3.02. The van der Waals surface area contributed by atoms with E-state index in [1.54, 1.807) is 7.05 Å². The number of alkyl halides is 2. The second-order valence-corrected chi connectivity index (χ2v) is 8.73. The van der Waals surface area contributed by atoms with Crippen LogP contribution in [-0.2, 0) is 7.05 Å². The van der Waals surface area contributed by atoms with Crippen molar-refractivity contribution in [3.63, 3.8) is 0 Å². The summed E-state index contributed by atoms with van der Waals surface area (Å²) in [6, 6.07) is -0.654. The number of nitrogens with two attached hydrogens (primary N) is 2. The molecule has 9 nitrogen and oxygen atoms in total. The average Bonchev–Trinajstić information content (AvgIpc) is 3.23. The molecule has 1 aliphatic rings. The molecule has 1 amide bonds. The Morgan fingerprint density at radius 2 is 1.97 bits per heavy atom. The summed E-state index contributed by atoms with van der Waals surface area (Å²) in [5, 5.41) is 6.42. The van der Waals surface area contributed by atoms with Crippen molar-refractivity contribution in [2.24, 2.45) is 12.8 Å². The van der Waals surface area contributed by atoms with Gasteiger partial charge in [0.25, 0.3) is 11.8 Å². The number of anilines is 3. The lowest BCUT2D eigenvalue weighted by molar-refractivity contribution is -0.000527. The van der Waals surface area contributed by atoms with Crippen LogP contribution >= 0.6 is 11.3 Å². The second kappa shape index (κ2) is 8.59. The third-order valence-electron chi connectivity index (χ3n) is 5.14. The Kier molecular flexibility index (Phi) is 5.97. The number of hydrogen-bond acceptors (Lipinski definition) is 8. The van der Waals surface area contributed by atoms with Crippen LogP contribution in [0.4, 0.5) is 34.1 Å². The number of halogens is 4. The topological polar surface area (TPSA) is 128 Å². The van der Waals surface area contributed by atoms with Gasteiger partial charge in [0, 0.05) is 26.1 Å². The van der Waals surface area contributed by atoms with Gasteiger partial charge in [-0.2, -0.15) is 5.10 Å². The number of hydrogen-bond donors (Lipinski definition) is 3. The SMILES string of the molecule is Cn1ncc(NC(=O)c2nc(-c3c(F)cncc3F)sc2N)c1N1CC[C@H](N)CC(F)(F)C1. The molecule has 0 saturated carbocycles. The molecule has 1 atom stereocenters. The molecule has 176 valence electrons. The number of nitrogens with zero attached hydrogens (tertiary/aromatic N) is 5. The summed E-state index contributed by atoms with van der Waals surface area (Å²) in [5.41, 5.74) is 11.1. The molecule has 0 aliphatic carbocycles. The third-order valence-corrected chi connectivity index (χ3v) is 6.05. The highest BCUT2D eigenvalue weighted by Crippen LogP contribution is 2.35. The maximum absolute atomic E-state index is 14.3. The fraction of sp³-hybridized carbons (Fsp3) is 0.368. The fourth-order valence-electron chi connectivity index (χ4n) is 3.70. The van der Waals surface area contributed by atoms with E-state index in [9.17, 15) is 22.4 Å². The van der Waals surface area contributed by atoms with Crippen LogP contribution in [-0.4, -0.2) is 50.7 Å². The Morgan fingerprint density at radius 3 is 2.67 bits per heavy atom. The molecule has 3 aromatic rings. The van der Waals surface area contributed by atoms with Gasteiger partial charge >= 0.3 is 0 Å². The van der Waals surface area contributed by atoms with Crippen LogP contribution in [0.2, 0.25) is 0 Å². The van der Waals surface area contributed by atoms with Crippen LogP contribution < -0.4 is 21.7 Å². The van der Waals surface area contributed by atoms with Gasteiger partial charge in [0.05, 0.1) is 30.7 Å². The van der Waals surface area contributed by atoms with Gasteiger partial charge in [0.1, 0.15) is 15.7 Å². The lowest BCUT2D eigenvalue weighted by atomic mass is 10.1. The van der Waals surface area contributed by atoms with Crippen molar-refractivity contribution in [3.05, 3.63) is 35.9 Å². The maximum Gasteiger partial charge on any atom is 0.277 e.